The van der Waals surface area contributed by atoms with Crippen LogP contribution < -0.4 is 5.56 Å². The molecule has 19 heavy (non-hydrogen) atoms. The molecule has 0 radical (unpaired) electrons. The van der Waals surface area contributed by atoms with Crippen molar-refractivity contribution in [2.45, 2.75) is 17.7 Å². The highest BCUT2D eigenvalue weighted by atomic mass is 32.2. The van der Waals surface area contributed by atoms with E-state index in [4.69, 9.17) is 10.5 Å². The third-order valence-corrected chi connectivity index (χ3v) is 4.23. The van der Waals surface area contributed by atoms with E-state index in [0.29, 0.717) is 0 Å². The number of rotatable bonds is 6. The molecule has 0 atom stereocenters. The second-order valence-corrected chi connectivity index (χ2v) is 5.55. The molecule has 0 aliphatic rings. The molecule has 0 aliphatic heterocycles. The van der Waals surface area contributed by atoms with Gasteiger partial charge in [-0.05, 0) is 6.07 Å². The lowest BCUT2D eigenvalue weighted by Crippen LogP contribution is -2.33. The summed E-state index contributed by atoms with van der Waals surface area (Å²) in [6.45, 7) is 0.0271. The third kappa shape index (κ3) is 3.91. The summed E-state index contributed by atoms with van der Waals surface area (Å²) in [4.78, 5) is 13.1. The molecule has 0 amide bonds. The van der Waals surface area contributed by atoms with Crippen molar-refractivity contribution < 1.29 is 8.42 Å². The summed E-state index contributed by atoms with van der Waals surface area (Å²) in [5.41, 5.74) is -0.403. The topological polar surface area (TPSA) is 118 Å². The lowest BCUT2D eigenvalue weighted by atomic mass is 10.4. The first-order valence-corrected chi connectivity index (χ1v) is 6.89. The molecule has 0 spiro atoms. The largest absolute Gasteiger partial charge is 0.328 e. The minimum Gasteiger partial charge on any atom is -0.328 e. The Balaban J connectivity index is 3.05. The Kier molecular flexibility index (Phi) is 5.24. The van der Waals surface area contributed by atoms with E-state index in [-0.39, 0.29) is 30.8 Å². The van der Waals surface area contributed by atoms with Crippen molar-refractivity contribution in [3.05, 3.63) is 28.7 Å². The quantitative estimate of drug-likeness (QED) is 0.798. The van der Waals surface area contributed by atoms with Crippen molar-refractivity contribution in [3.63, 3.8) is 0 Å². The van der Waals surface area contributed by atoms with Crippen molar-refractivity contribution in [3.8, 4) is 12.1 Å². The average Bonchev–Trinajstić information content (AvgIpc) is 2.39. The molecule has 1 N–H and O–H groups in total. The van der Waals surface area contributed by atoms with E-state index in [9.17, 15) is 13.2 Å². The van der Waals surface area contributed by atoms with Gasteiger partial charge in [-0.1, -0.05) is 0 Å². The van der Waals surface area contributed by atoms with Gasteiger partial charge in [0.05, 0.1) is 17.0 Å². The highest BCUT2D eigenvalue weighted by Crippen LogP contribution is 2.14. The Bertz CT molecular complexity index is 628. The maximum Gasteiger partial charge on any atom is 0.247 e. The summed E-state index contributed by atoms with van der Waals surface area (Å²) < 4.78 is 25.5. The van der Waals surface area contributed by atoms with Gasteiger partial charge in [0, 0.05) is 38.2 Å². The zero-order chi connectivity index (χ0) is 14.3. The molecule has 1 aromatic rings. The van der Waals surface area contributed by atoms with Crippen LogP contribution in [-0.4, -0.2) is 30.8 Å². The van der Waals surface area contributed by atoms with E-state index in [0.717, 1.165) is 16.6 Å². The molecule has 0 saturated heterocycles. The maximum absolute atomic E-state index is 12.2. The molecule has 0 aromatic carbocycles. The van der Waals surface area contributed by atoms with Gasteiger partial charge < -0.3 is 4.98 Å². The number of aromatic amines is 1. The van der Waals surface area contributed by atoms with Crippen LogP contribution in [0.3, 0.4) is 0 Å². The van der Waals surface area contributed by atoms with Crippen LogP contribution in [0.4, 0.5) is 0 Å². The van der Waals surface area contributed by atoms with E-state index in [1.807, 2.05) is 12.1 Å². The predicted molar refractivity (Wildman–Crippen MR) is 66.3 cm³/mol. The van der Waals surface area contributed by atoms with Gasteiger partial charge in [-0.2, -0.15) is 14.8 Å². The first kappa shape index (κ1) is 14.9. The standard InChI is InChI=1S/C11H12N4O3S/c12-5-1-7-15(8-2-6-13)19(17,18)10-3-4-11(16)14-9-10/h3-4,9H,1-2,7-8H2,(H,14,16). The fraction of sp³-hybridized carbons (Fsp3) is 0.364. The Morgan fingerprint density at radius 3 is 2.16 bits per heavy atom. The first-order chi connectivity index (χ1) is 9.02. The highest BCUT2D eigenvalue weighted by molar-refractivity contribution is 7.89. The Morgan fingerprint density at radius 2 is 1.74 bits per heavy atom. The second kappa shape index (κ2) is 6.69. The van der Waals surface area contributed by atoms with Gasteiger partial charge in [-0.3, -0.25) is 4.79 Å². The zero-order valence-electron chi connectivity index (χ0n) is 10.0. The van der Waals surface area contributed by atoms with Gasteiger partial charge >= 0.3 is 0 Å². The number of pyridine rings is 1. The number of nitrogens with one attached hydrogen (secondary N) is 1. The molecule has 8 heteroatoms. The first-order valence-electron chi connectivity index (χ1n) is 5.45. The fourth-order valence-electron chi connectivity index (χ4n) is 1.41. The number of hydrogen-bond acceptors (Lipinski definition) is 5. The molecule has 100 valence electrons. The van der Waals surface area contributed by atoms with Crippen LogP contribution in [0.15, 0.2) is 28.0 Å². The van der Waals surface area contributed by atoms with Crippen molar-refractivity contribution in [2.75, 3.05) is 13.1 Å². The fourth-order valence-corrected chi connectivity index (χ4v) is 2.82. The lowest BCUT2D eigenvalue weighted by molar-refractivity contribution is 0.424. The van der Waals surface area contributed by atoms with E-state index in [1.165, 1.54) is 6.07 Å². The lowest BCUT2D eigenvalue weighted by Gasteiger charge is -2.19. The summed E-state index contributed by atoms with van der Waals surface area (Å²) in [5, 5.41) is 17.1. The van der Waals surface area contributed by atoms with Crippen LogP contribution in [0, 0.1) is 22.7 Å². The Hall–Kier alpha value is -2.16. The summed E-state index contributed by atoms with van der Waals surface area (Å²) in [6, 6.07) is 6.03. The van der Waals surface area contributed by atoms with E-state index in [2.05, 4.69) is 4.98 Å². The molecule has 0 aliphatic carbocycles. The van der Waals surface area contributed by atoms with Crippen molar-refractivity contribution in [2.24, 2.45) is 0 Å². The number of nitrogens with zero attached hydrogens (tertiary/aromatic N) is 3. The van der Waals surface area contributed by atoms with E-state index >= 15 is 0 Å². The number of hydrogen-bond donors (Lipinski definition) is 1. The molecule has 0 bridgehead atoms. The molecule has 1 rings (SSSR count). The maximum atomic E-state index is 12.2. The van der Waals surface area contributed by atoms with Crippen LogP contribution in [-0.2, 0) is 10.0 Å². The smallest absolute Gasteiger partial charge is 0.247 e. The van der Waals surface area contributed by atoms with Gasteiger partial charge in [0.1, 0.15) is 0 Å². The van der Waals surface area contributed by atoms with Crippen LogP contribution in [0.1, 0.15) is 12.8 Å². The van der Waals surface area contributed by atoms with Gasteiger partial charge in [-0.25, -0.2) is 8.42 Å². The molecule has 0 unspecified atom stereocenters. The molecule has 1 heterocycles. The van der Waals surface area contributed by atoms with Gasteiger partial charge in [0.15, 0.2) is 0 Å². The van der Waals surface area contributed by atoms with Crippen LogP contribution >= 0.6 is 0 Å². The highest BCUT2D eigenvalue weighted by Gasteiger charge is 2.23. The Morgan fingerprint density at radius 1 is 1.16 bits per heavy atom. The monoisotopic (exact) mass is 280 g/mol. The second-order valence-electron chi connectivity index (χ2n) is 3.61. The van der Waals surface area contributed by atoms with Crippen LogP contribution in [0.2, 0.25) is 0 Å². The summed E-state index contributed by atoms with van der Waals surface area (Å²) in [7, 11) is -3.80. The van der Waals surface area contributed by atoms with Crippen molar-refractivity contribution in [1.29, 1.82) is 10.5 Å². The third-order valence-electron chi connectivity index (χ3n) is 2.34. The van der Waals surface area contributed by atoms with E-state index < -0.39 is 15.6 Å². The molecule has 0 fully saturated rings. The normalized spacial score (nSPS) is 10.9. The Labute approximate surface area is 110 Å². The minimum absolute atomic E-state index is 0.0135. The number of sulfonamides is 1. The van der Waals surface area contributed by atoms with Gasteiger partial charge in [0.25, 0.3) is 0 Å². The van der Waals surface area contributed by atoms with Crippen LogP contribution in [0.25, 0.3) is 0 Å². The molecular weight excluding hydrogens is 268 g/mol. The van der Waals surface area contributed by atoms with E-state index in [1.54, 1.807) is 0 Å². The predicted octanol–water partition coefficient (Wildman–Crippen LogP) is 0.193. The summed E-state index contributed by atoms with van der Waals surface area (Å²) in [6.07, 6.45) is 1.17. The number of H-pyrrole nitrogens is 1. The number of aromatic nitrogens is 1. The van der Waals surface area contributed by atoms with Crippen LogP contribution in [0.5, 0.6) is 0 Å². The minimum atomic E-state index is -3.80. The number of nitriles is 2. The van der Waals surface area contributed by atoms with Crippen molar-refractivity contribution >= 4 is 10.0 Å². The summed E-state index contributed by atoms with van der Waals surface area (Å²) in [5.74, 6) is 0. The van der Waals surface area contributed by atoms with Gasteiger partial charge in [0.2, 0.25) is 15.6 Å². The van der Waals surface area contributed by atoms with Crippen molar-refractivity contribution in [1.82, 2.24) is 9.29 Å². The summed E-state index contributed by atoms with van der Waals surface area (Å²) >= 11 is 0. The molecule has 7 nitrogen and oxygen atoms in total. The zero-order valence-corrected chi connectivity index (χ0v) is 10.9. The molecular formula is C11H12N4O3S. The molecule has 1 aromatic heterocycles. The molecule has 0 saturated carbocycles. The van der Waals surface area contributed by atoms with Gasteiger partial charge in [-0.15, -0.1) is 0 Å². The SMILES string of the molecule is N#CCCN(CCC#N)S(=O)(=O)c1ccc(=O)[nH]c1. The average molecular weight is 280 g/mol.